The molecule has 0 bridgehead atoms. The zero-order valence-electron chi connectivity index (χ0n) is 18.3. The maximum absolute atomic E-state index is 13.3. The van der Waals surface area contributed by atoms with E-state index in [4.69, 9.17) is 4.78 Å². The Hall–Kier alpha value is -2.93. The molecule has 1 aliphatic carbocycles. The minimum Gasteiger partial charge on any atom is -0.390 e. The van der Waals surface area contributed by atoms with Crippen LogP contribution in [0.3, 0.4) is 0 Å². The van der Waals surface area contributed by atoms with Gasteiger partial charge in [-0.3, -0.25) is 4.78 Å². The number of aromatic nitrogens is 4. The van der Waals surface area contributed by atoms with Crippen molar-refractivity contribution in [3.63, 3.8) is 0 Å². The molecule has 182 valence electrons. The lowest BCUT2D eigenvalue weighted by molar-refractivity contribution is -0.137. The van der Waals surface area contributed by atoms with Gasteiger partial charge >= 0.3 is 6.18 Å². The molecule has 0 amide bonds. The van der Waals surface area contributed by atoms with E-state index in [0.717, 1.165) is 12.1 Å². The maximum atomic E-state index is 13.3. The largest absolute Gasteiger partial charge is 0.416 e. The van der Waals surface area contributed by atoms with Crippen LogP contribution in [0.15, 0.2) is 30.5 Å². The minimum atomic E-state index is -4.50. The van der Waals surface area contributed by atoms with Crippen molar-refractivity contribution in [2.75, 3.05) is 34.8 Å². The molecule has 1 saturated heterocycles. The third-order valence-corrected chi connectivity index (χ3v) is 7.90. The quantitative estimate of drug-likeness (QED) is 0.509. The summed E-state index contributed by atoms with van der Waals surface area (Å²) in [6.45, 7) is 2.47. The van der Waals surface area contributed by atoms with Crippen molar-refractivity contribution in [2.45, 2.75) is 37.6 Å². The number of alkyl halides is 3. The van der Waals surface area contributed by atoms with Crippen molar-refractivity contribution in [3.8, 4) is 5.69 Å². The molecule has 0 spiro atoms. The Morgan fingerprint density at radius 1 is 1.24 bits per heavy atom. The van der Waals surface area contributed by atoms with E-state index < -0.39 is 27.1 Å². The normalized spacial score (nSPS) is 24.7. The molecule has 2 aliphatic rings. The van der Waals surface area contributed by atoms with Crippen molar-refractivity contribution >= 4 is 32.5 Å². The Morgan fingerprint density at radius 3 is 2.59 bits per heavy atom. The lowest BCUT2D eigenvalue weighted by Crippen LogP contribution is -2.48. The zero-order chi connectivity index (χ0) is 24.3. The number of hydrogen-bond acceptors (Lipinski definition) is 8. The van der Waals surface area contributed by atoms with E-state index in [2.05, 4.69) is 20.4 Å². The second kappa shape index (κ2) is 7.80. The highest BCUT2D eigenvalue weighted by atomic mass is 32.2. The second-order valence-electron chi connectivity index (χ2n) is 9.17. The number of rotatable bonds is 4. The standard InChI is InChI=1S/C21H24F3N7O2S/c1-20(32)10-14(11-20)27-19-28-17(30-5-7-34(25,33)8-6-30)16-12-26-31(18(16)29-19)15-4-2-3-13(9-15)21(22,23)24/h2-4,9,12,14,25,32H,5-8,10-11H2,1H3,(H,27,28,29)/t14-,20-. The molecule has 34 heavy (non-hydrogen) atoms. The summed E-state index contributed by atoms with van der Waals surface area (Å²) in [5, 5.41) is 18.1. The Morgan fingerprint density at radius 2 is 1.94 bits per heavy atom. The molecule has 13 heteroatoms. The highest BCUT2D eigenvalue weighted by molar-refractivity contribution is 7.92. The van der Waals surface area contributed by atoms with Crippen LogP contribution in [0.1, 0.15) is 25.3 Å². The molecule has 0 unspecified atom stereocenters. The van der Waals surface area contributed by atoms with E-state index >= 15 is 0 Å². The Bertz CT molecular complexity index is 1330. The molecule has 2 fully saturated rings. The molecule has 0 atom stereocenters. The summed E-state index contributed by atoms with van der Waals surface area (Å²) in [5.74, 6) is 1.20. The van der Waals surface area contributed by atoms with Gasteiger partial charge in [-0.15, -0.1) is 0 Å². The van der Waals surface area contributed by atoms with Crippen LogP contribution < -0.4 is 10.2 Å². The fourth-order valence-corrected chi connectivity index (χ4v) is 5.66. The molecule has 3 heterocycles. The highest BCUT2D eigenvalue weighted by Gasteiger charge is 2.39. The summed E-state index contributed by atoms with van der Waals surface area (Å²) < 4.78 is 61.2. The second-order valence-corrected chi connectivity index (χ2v) is 11.6. The number of benzene rings is 1. The molecule has 2 aromatic heterocycles. The first-order chi connectivity index (χ1) is 15.9. The van der Waals surface area contributed by atoms with Gasteiger partial charge in [0, 0.05) is 40.4 Å². The summed E-state index contributed by atoms with van der Waals surface area (Å²) in [4.78, 5) is 11.1. The third-order valence-electron chi connectivity index (χ3n) is 6.21. The monoisotopic (exact) mass is 495 g/mol. The van der Waals surface area contributed by atoms with Crippen LogP contribution in [0.4, 0.5) is 24.9 Å². The van der Waals surface area contributed by atoms with E-state index in [1.165, 1.54) is 23.0 Å². The summed E-state index contributed by atoms with van der Waals surface area (Å²) in [5.41, 5.74) is -1.01. The van der Waals surface area contributed by atoms with Gasteiger partial charge in [0.15, 0.2) is 5.65 Å². The van der Waals surface area contributed by atoms with Gasteiger partial charge in [0.2, 0.25) is 5.95 Å². The fourth-order valence-electron chi connectivity index (χ4n) is 4.43. The number of nitrogens with zero attached hydrogens (tertiary/aromatic N) is 5. The molecule has 9 nitrogen and oxygen atoms in total. The summed E-state index contributed by atoms with van der Waals surface area (Å²) in [6.07, 6.45) is -1.96. The van der Waals surface area contributed by atoms with E-state index in [0.29, 0.717) is 42.8 Å². The van der Waals surface area contributed by atoms with Gasteiger partial charge in [-0.2, -0.15) is 28.2 Å². The molecule has 1 aliphatic heterocycles. The van der Waals surface area contributed by atoms with Crippen LogP contribution >= 0.6 is 0 Å². The predicted molar refractivity (Wildman–Crippen MR) is 122 cm³/mol. The van der Waals surface area contributed by atoms with Crippen LogP contribution in [0.25, 0.3) is 16.7 Å². The van der Waals surface area contributed by atoms with Crippen molar-refractivity contribution in [1.29, 1.82) is 4.78 Å². The van der Waals surface area contributed by atoms with Gasteiger partial charge in [-0.1, -0.05) is 6.07 Å². The van der Waals surface area contributed by atoms with Crippen molar-refractivity contribution < 1.29 is 22.5 Å². The van der Waals surface area contributed by atoms with Crippen molar-refractivity contribution in [2.24, 2.45) is 0 Å². The summed E-state index contributed by atoms with van der Waals surface area (Å²) >= 11 is 0. The first-order valence-electron chi connectivity index (χ1n) is 10.8. The molecule has 1 saturated carbocycles. The van der Waals surface area contributed by atoms with Gasteiger partial charge in [0.05, 0.1) is 28.4 Å². The number of halogens is 3. The maximum Gasteiger partial charge on any atom is 0.416 e. The summed E-state index contributed by atoms with van der Waals surface area (Å²) in [6, 6.07) is 4.81. The SMILES string of the molecule is C[C@]1(O)C[C@H](Nc2nc(N3CCS(=N)(=O)CC3)c3cnn(-c4cccc(C(F)(F)F)c4)c3n2)C1. The van der Waals surface area contributed by atoms with Gasteiger partial charge in [-0.25, -0.2) is 8.89 Å². The van der Waals surface area contributed by atoms with E-state index in [9.17, 15) is 22.5 Å². The number of nitrogens with one attached hydrogen (secondary N) is 2. The van der Waals surface area contributed by atoms with Gasteiger partial charge < -0.3 is 15.3 Å². The molecule has 1 aromatic carbocycles. The fraction of sp³-hybridized carbons (Fsp3) is 0.476. The van der Waals surface area contributed by atoms with Crippen molar-refractivity contribution in [1.82, 2.24) is 19.7 Å². The Labute approximate surface area is 194 Å². The van der Waals surface area contributed by atoms with Crippen LogP contribution in [-0.2, 0) is 15.9 Å². The molecule has 3 aromatic rings. The average Bonchev–Trinajstić information content (AvgIpc) is 3.15. The Balaban J connectivity index is 1.58. The lowest BCUT2D eigenvalue weighted by Gasteiger charge is -2.41. The van der Waals surface area contributed by atoms with E-state index in [1.54, 1.807) is 6.92 Å². The van der Waals surface area contributed by atoms with Gasteiger partial charge in [0.1, 0.15) is 5.82 Å². The van der Waals surface area contributed by atoms with Crippen LogP contribution in [-0.4, -0.2) is 65.3 Å². The van der Waals surface area contributed by atoms with Crippen LogP contribution in [0.5, 0.6) is 0 Å². The van der Waals surface area contributed by atoms with Crippen LogP contribution in [0.2, 0.25) is 0 Å². The van der Waals surface area contributed by atoms with Gasteiger partial charge in [-0.05, 0) is 38.0 Å². The predicted octanol–water partition coefficient (Wildman–Crippen LogP) is 3.03. The molecule has 3 N–H and O–H groups in total. The zero-order valence-corrected chi connectivity index (χ0v) is 19.2. The number of aliphatic hydroxyl groups is 1. The average molecular weight is 496 g/mol. The van der Waals surface area contributed by atoms with Crippen LogP contribution in [0, 0.1) is 4.78 Å². The highest BCUT2D eigenvalue weighted by Crippen LogP contribution is 2.35. The molecular formula is C21H24F3N7O2S. The summed E-state index contributed by atoms with van der Waals surface area (Å²) in [7, 11) is -2.63. The number of anilines is 2. The first-order valence-corrected chi connectivity index (χ1v) is 12.7. The first kappa shape index (κ1) is 22.8. The van der Waals surface area contributed by atoms with Gasteiger partial charge in [0.25, 0.3) is 0 Å². The molecule has 5 rings (SSSR count). The minimum absolute atomic E-state index is 0.0430. The topological polar surface area (TPSA) is 120 Å². The van der Waals surface area contributed by atoms with E-state index in [-0.39, 0.29) is 29.2 Å². The third kappa shape index (κ3) is 4.41. The lowest BCUT2D eigenvalue weighted by atomic mass is 9.77. The van der Waals surface area contributed by atoms with E-state index in [1.807, 2.05) is 4.90 Å². The van der Waals surface area contributed by atoms with Crippen molar-refractivity contribution in [3.05, 3.63) is 36.0 Å². The number of hydrogen-bond donors (Lipinski definition) is 3. The smallest absolute Gasteiger partial charge is 0.390 e. The number of fused-ring (bicyclic) bond motifs is 1. The Kier molecular flexibility index (Phi) is 5.24. The molecule has 0 radical (unpaired) electrons. The molecular weight excluding hydrogens is 471 g/mol.